The molecule has 2 aromatic carbocycles. The Morgan fingerprint density at radius 1 is 1.23 bits per heavy atom. The number of aromatic nitrogens is 1. The number of halogens is 1. The van der Waals surface area contributed by atoms with E-state index in [1.807, 2.05) is 25.3 Å². The van der Waals surface area contributed by atoms with Gasteiger partial charge in [0.25, 0.3) is 5.91 Å². The van der Waals surface area contributed by atoms with Crippen molar-refractivity contribution in [2.24, 2.45) is 5.92 Å². The number of benzene rings is 2. The summed E-state index contributed by atoms with van der Waals surface area (Å²) in [7, 11) is 0. The van der Waals surface area contributed by atoms with E-state index in [9.17, 15) is 9.18 Å². The quantitative estimate of drug-likeness (QED) is 0.523. The largest absolute Gasteiger partial charge is 0.493 e. The number of hydrogen-bond acceptors (Lipinski definition) is 4. The van der Waals surface area contributed by atoms with E-state index in [4.69, 9.17) is 4.74 Å². The SMILES string of the molecule is Cc1c(NC(=O)c2ccc(OCC3CC3)cc2F)ccc2cc(CNC(C)C)cnc12. The minimum absolute atomic E-state index is 0.0127. The zero-order chi connectivity index (χ0) is 22.0. The predicted octanol–water partition coefficient (Wildman–Crippen LogP) is 5.22. The summed E-state index contributed by atoms with van der Waals surface area (Å²) < 4.78 is 20.1. The third-order valence-electron chi connectivity index (χ3n) is 5.49. The van der Waals surface area contributed by atoms with Gasteiger partial charge in [-0.3, -0.25) is 9.78 Å². The third kappa shape index (κ3) is 5.20. The van der Waals surface area contributed by atoms with Crippen LogP contribution in [0, 0.1) is 18.7 Å². The highest BCUT2D eigenvalue weighted by atomic mass is 19.1. The van der Waals surface area contributed by atoms with E-state index in [0.717, 1.165) is 28.6 Å². The summed E-state index contributed by atoms with van der Waals surface area (Å²) in [6.45, 7) is 7.46. The first-order valence-corrected chi connectivity index (χ1v) is 10.8. The second kappa shape index (κ2) is 9.02. The van der Waals surface area contributed by atoms with Crippen LogP contribution in [0.3, 0.4) is 0 Å². The van der Waals surface area contributed by atoms with Crippen molar-refractivity contribution >= 4 is 22.5 Å². The number of hydrogen-bond donors (Lipinski definition) is 2. The molecule has 0 radical (unpaired) electrons. The van der Waals surface area contributed by atoms with Gasteiger partial charge in [0.15, 0.2) is 0 Å². The molecule has 1 fully saturated rings. The number of aryl methyl sites for hydroxylation is 1. The minimum Gasteiger partial charge on any atom is -0.493 e. The molecule has 4 rings (SSSR count). The van der Waals surface area contributed by atoms with E-state index in [1.165, 1.54) is 25.0 Å². The molecule has 0 spiro atoms. The van der Waals surface area contributed by atoms with Gasteiger partial charge in [0.2, 0.25) is 0 Å². The van der Waals surface area contributed by atoms with Crippen molar-refractivity contribution in [1.29, 1.82) is 0 Å². The number of nitrogens with zero attached hydrogens (tertiary/aromatic N) is 1. The highest BCUT2D eigenvalue weighted by molar-refractivity contribution is 6.06. The lowest BCUT2D eigenvalue weighted by Gasteiger charge is -2.13. The Bertz CT molecular complexity index is 1110. The van der Waals surface area contributed by atoms with E-state index >= 15 is 0 Å². The molecule has 0 atom stereocenters. The van der Waals surface area contributed by atoms with Crippen LogP contribution in [0.2, 0.25) is 0 Å². The second-order valence-electron chi connectivity index (χ2n) is 8.54. The molecule has 5 nitrogen and oxygen atoms in total. The maximum Gasteiger partial charge on any atom is 0.258 e. The van der Waals surface area contributed by atoms with Gasteiger partial charge < -0.3 is 15.4 Å². The van der Waals surface area contributed by atoms with Crippen LogP contribution in [0.4, 0.5) is 10.1 Å². The number of rotatable bonds is 8. The Labute approximate surface area is 182 Å². The van der Waals surface area contributed by atoms with Gasteiger partial charge >= 0.3 is 0 Å². The summed E-state index contributed by atoms with van der Waals surface area (Å²) in [4.78, 5) is 17.3. The first-order valence-electron chi connectivity index (χ1n) is 10.8. The van der Waals surface area contributed by atoms with Crippen molar-refractivity contribution in [3.05, 3.63) is 65.1 Å². The molecule has 0 aliphatic heterocycles. The summed E-state index contributed by atoms with van der Waals surface area (Å²) in [5.74, 6) is -0.0519. The molecule has 1 amide bonds. The van der Waals surface area contributed by atoms with E-state index in [2.05, 4.69) is 35.5 Å². The first-order chi connectivity index (χ1) is 14.9. The van der Waals surface area contributed by atoms with Crippen molar-refractivity contribution in [3.63, 3.8) is 0 Å². The number of nitrogens with one attached hydrogen (secondary N) is 2. The average Bonchev–Trinajstić information content (AvgIpc) is 3.57. The van der Waals surface area contributed by atoms with E-state index < -0.39 is 11.7 Å². The molecule has 0 saturated heterocycles. The second-order valence-corrected chi connectivity index (χ2v) is 8.54. The summed E-state index contributed by atoms with van der Waals surface area (Å²) in [5, 5.41) is 7.20. The average molecular weight is 422 g/mol. The van der Waals surface area contributed by atoms with Crippen molar-refractivity contribution in [2.45, 2.75) is 46.2 Å². The number of carbonyl (C=O) groups is 1. The van der Waals surface area contributed by atoms with Crippen LogP contribution < -0.4 is 15.4 Å². The molecule has 1 saturated carbocycles. The third-order valence-corrected chi connectivity index (χ3v) is 5.49. The standard InChI is InChI=1S/C25H28FN3O2/c1-15(2)27-12-18-10-19-6-9-23(16(3)24(19)28-13-18)29-25(30)21-8-7-20(11-22(21)26)31-14-17-4-5-17/h6-11,13,15,17,27H,4-5,12,14H2,1-3H3,(H,29,30). The van der Waals surface area contributed by atoms with Crippen molar-refractivity contribution < 1.29 is 13.9 Å². The number of amides is 1. The number of ether oxygens (including phenoxy) is 1. The van der Waals surface area contributed by atoms with Crippen LogP contribution in [0.25, 0.3) is 10.9 Å². The summed E-state index contributed by atoms with van der Waals surface area (Å²) in [6, 6.07) is 10.6. The Hall–Kier alpha value is -2.99. The molecule has 2 N–H and O–H groups in total. The molecule has 1 aliphatic rings. The Kier molecular flexibility index (Phi) is 6.18. The van der Waals surface area contributed by atoms with E-state index in [0.29, 0.717) is 30.0 Å². The first kappa shape index (κ1) is 21.2. The van der Waals surface area contributed by atoms with Crippen LogP contribution in [0.15, 0.2) is 42.6 Å². The highest BCUT2D eigenvalue weighted by Crippen LogP contribution is 2.30. The topological polar surface area (TPSA) is 63.2 Å². The summed E-state index contributed by atoms with van der Waals surface area (Å²) >= 11 is 0. The van der Waals surface area contributed by atoms with Crippen molar-refractivity contribution in [3.8, 4) is 5.75 Å². The van der Waals surface area contributed by atoms with Crippen LogP contribution in [0.1, 0.15) is 48.2 Å². The lowest BCUT2D eigenvalue weighted by atomic mass is 10.1. The van der Waals surface area contributed by atoms with Crippen molar-refractivity contribution in [1.82, 2.24) is 10.3 Å². The number of carbonyl (C=O) groups excluding carboxylic acids is 1. The fourth-order valence-corrected chi connectivity index (χ4v) is 3.41. The molecular formula is C25H28FN3O2. The van der Waals surface area contributed by atoms with Gasteiger partial charge in [0.05, 0.1) is 17.7 Å². The van der Waals surface area contributed by atoms with Gasteiger partial charge in [-0.2, -0.15) is 0 Å². The Morgan fingerprint density at radius 3 is 2.74 bits per heavy atom. The lowest BCUT2D eigenvalue weighted by molar-refractivity contribution is 0.102. The Morgan fingerprint density at radius 2 is 2.03 bits per heavy atom. The molecule has 1 aromatic heterocycles. The van der Waals surface area contributed by atoms with Gasteiger partial charge in [0, 0.05) is 35.9 Å². The fraction of sp³-hybridized carbons (Fsp3) is 0.360. The van der Waals surface area contributed by atoms with E-state index in [1.54, 1.807) is 6.07 Å². The predicted molar refractivity (Wildman–Crippen MR) is 121 cm³/mol. The molecule has 6 heteroatoms. The van der Waals surface area contributed by atoms with Crippen LogP contribution in [-0.2, 0) is 6.54 Å². The zero-order valence-corrected chi connectivity index (χ0v) is 18.2. The molecule has 162 valence electrons. The molecule has 0 unspecified atom stereocenters. The zero-order valence-electron chi connectivity index (χ0n) is 18.2. The van der Waals surface area contributed by atoms with E-state index in [-0.39, 0.29) is 5.56 Å². The molecular weight excluding hydrogens is 393 g/mol. The van der Waals surface area contributed by atoms with Gasteiger partial charge in [-0.1, -0.05) is 19.9 Å². The maximum absolute atomic E-state index is 14.5. The fourth-order valence-electron chi connectivity index (χ4n) is 3.41. The molecule has 3 aromatic rings. The summed E-state index contributed by atoms with van der Waals surface area (Å²) in [6.07, 6.45) is 4.18. The molecule has 1 heterocycles. The van der Waals surface area contributed by atoms with Crippen LogP contribution >= 0.6 is 0 Å². The van der Waals surface area contributed by atoms with Gasteiger partial charge in [-0.25, -0.2) is 4.39 Å². The maximum atomic E-state index is 14.5. The number of pyridine rings is 1. The molecule has 31 heavy (non-hydrogen) atoms. The van der Waals surface area contributed by atoms with Crippen molar-refractivity contribution in [2.75, 3.05) is 11.9 Å². The normalized spacial score (nSPS) is 13.6. The smallest absolute Gasteiger partial charge is 0.258 e. The minimum atomic E-state index is -0.593. The number of anilines is 1. The summed E-state index contributed by atoms with van der Waals surface area (Å²) in [5.41, 5.74) is 3.37. The monoisotopic (exact) mass is 421 g/mol. The van der Waals surface area contributed by atoms with Crippen LogP contribution in [-0.4, -0.2) is 23.5 Å². The van der Waals surface area contributed by atoms with Crippen LogP contribution in [0.5, 0.6) is 5.75 Å². The lowest BCUT2D eigenvalue weighted by Crippen LogP contribution is -2.21. The molecule has 0 bridgehead atoms. The van der Waals surface area contributed by atoms with Gasteiger partial charge in [-0.15, -0.1) is 0 Å². The highest BCUT2D eigenvalue weighted by Gasteiger charge is 2.22. The van der Waals surface area contributed by atoms with Gasteiger partial charge in [-0.05, 0) is 61.1 Å². The molecule has 1 aliphatic carbocycles. The number of fused-ring (bicyclic) bond motifs is 1. The van der Waals surface area contributed by atoms with Gasteiger partial charge in [0.1, 0.15) is 11.6 Å². The Balaban J connectivity index is 1.48.